The van der Waals surface area contributed by atoms with Gasteiger partial charge in [0.25, 0.3) is 5.56 Å². The average Bonchev–Trinajstić information content (AvgIpc) is 2.64. The van der Waals surface area contributed by atoms with E-state index in [1.807, 2.05) is 24.0 Å². The molecule has 0 spiro atoms. The third kappa shape index (κ3) is 3.31. The molecule has 0 atom stereocenters. The highest BCUT2D eigenvalue weighted by Crippen LogP contribution is 2.34. The molecule has 0 radical (unpaired) electrons. The SMILES string of the molecule is CCn1cc(N2CCC(O)(c3ccc(Cl)cc3)CC2)c(=O)n(CC)c1=O. The molecule has 0 amide bonds. The third-order valence-electron chi connectivity index (χ3n) is 5.19. The van der Waals surface area contributed by atoms with Crippen molar-refractivity contribution >= 4 is 17.3 Å². The molecule has 1 aromatic heterocycles. The minimum absolute atomic E-state index is 0.265. The number of halogens is 1. The molecule has 1 fully saturated rings. The summed E-state index contributed by atoms with van der Waals surface area (Å²) in [5.41, 5.74) is -0.112. The van der Waals surface area contributed by atoms with Crippen molar-refractivity contribution in [3.8, 4) is 0 Å². The van der Waals surface area contributed by atoms with E-state index in [1.54, 1.807) is 29.8 Å². The standard InChI is InChI=1S/C19H24ClN3O3/c1-3-21-13-16(17(24)23(4-2)18(21)25)22-11-9-19(26,10-12-22)14-5-7-15(20)8-6-14/h5-8,13,26H,3-4,9-12H2,1-2H3. The number of aryl methyl sites for hydroxylation is 1. The van der Waals surface area contributed by atoms with Crippen LogP contribution in [0.25, 0.3) is 0 Å². The zero-order valence-electron chi connectivity index (χ0n) is 15.1. The molecule has 0 saturated carbocycles. The summed E-state index contributed by atoms with van der Waals surface area (Å²) in [6.07, 6.45) is 2.65. The Bertz CT molecular complexity index is 894. The first-order chi connectivity index (χ1) is 12.4. The molecule has 26 heavy (non-hydrogen) atoms. The van der Waals surface area contributed by atoms with Crippen LogP contribution in [0.15, 0.2) is 40.1 Å². The lowest BCUT2D eigenvalue weighted by Gasteiger charge is -2.39. The first-order valence-electron chi connectivity index (χ1n) is 8.97. The van der Waals surface area contributed by atoms with Crippen LogP contribution in [-0.4, -0.2) is 27.3 Å². The summed E-state index contributed by atoms with van der Waals surface area (Å²) >= 11 is 5.93. The number of hydrogen-bond acceptors (Lipinski definition) is 4. The fourth-order valence-corrected chi connectivity index (χ4v) is 3.65. The topological polar surface area (TPSA) is 67.5 Å². The Labute approximate surface area is 157 Å². The lowest BCUT2D eigenvalue weighted by molar-refractivity contribution is 0.0117. The number of rotatable bonds is 4. The average molecular weight is 378 g/mol. The molecule has 1 aromatic carbocycles. The fourth-order valence-electron chi connectivity index (χ4n) is 3.53. The van der Waals surface area contributed by atoms with E-state index in [0.29, 0.717) is 49.7 Å². The van der Waals surface area contributed by atoms with Gasteiger partial charge < -0.3 is 10.0 Å². The predicted molar refractivity (Wildman–Crippen MR) is 103 cm³/mol. The van der Waals surface area contributed by atoms with Gasteiger partial charge in [0.1, 0.15) is 5.69 Å². The van der Waals surface area contributed by atoms with Gasteiger partial charge in [-0.15, -0.1) is 0 Å². The smallest absolute Gasteiger partial charge is 0.331 e. The molecule has 0 unspecified atom stereocenters. The number of aromatic nitrogens is 2. The molecular weight excluding hydrogens is 354 g/mol. The lowest BCUT2D eigenvalue weighted by atomic mass is 9.84. The Balaban J connectivity index is 1.87. The van der Waals surface area contributed by atoms with E-state index in [9.17, 15) is 14.7 Å². The summed E-state index contributed by atoms with van der Waals surface area (Å²) in [6.45, 7) is 5.61. The van der Waals surface area contributed by atoms with E-state index in [1.165, 1.54) is 4.57 Å². The molecule has 1 saturated heterocycles. The van der Waals surface area contributed by atoms with Crippen molar-refractivity contribution in [3.63, 3.8) is 0 Å². The molecule has 0 aliphatic carbocycles. The summed E-state index contributed by atoms with van der Waals surface area (Å²) in [6, 6.07) is 7.25. The van der Waals surface area contributed by atoms with Crippen molar-refractivity contribution in [1.82, 2.24) is 9.13 Å². The second-order valence-electron chi connectivity index (χ2n) is 6.66. The maximum Gasteiger partial charge on any atom is 0.331 e. The van der Waals surface area contributed by atoms with Gasteiger partial charge in [0, 0.05) is 37.4 Å². The van der Waals surface area contributed by atoms with E-state index >= 15 is 0 Å². The number of anilines is 1. The first-order valence-corrected chi connectivity index (χ1v) is 9.35. The molecule has 2 heterocycles. The highest BCUT2D eigenvalue weighted by molar-refractivity contribution is 6.30. The summed E-state index contributed by atoms with van der Waals surface area (Å²) < 4.78 is 2.82. The van der Waals surface area contributed by atoms with Gasteiger partial charge in [-0.1, -0.05) is 23.7 Å². The predicted octanol–water partition coefficient (Wildman–Crippen LogP) is 2.19. The van der Waals surface area contributed by atoms with Gasteiger partial charge in [-0.25, -0.2) is 4.79 Å². The molecular formula is C19H24ClN3O3. The highest BCUT2D eigenvalue weighted by Gasteiger charge is 2.35. The number of nitrogens with zero attached hydrogens (tertiary/aromatic N) is 3. The highest BCUT2D eigenvalue weighted by atomic mass is 35.5. The van der Waals surface area contributed by atoms with Crippen LogP contribution in [0.5, 0.6) is 0 Å². The second-order valence-corrected chi connectivity index (χ2v) is 7.09. The van der Waals surface area contributed by atoms with Crippen molar-refractivity contribution in [2.45, 2.75) is 45.4 Å². The summed E-state index contributed by atoms with van der Waals surface area (Å²) in [5.74, 6) is 0. The maximum absolute atomic E-state index is 12.7. The number of hydrogen-bond donors (Lipinski definition) is 1. The third-order valence-corrected chi connectivity index (χ3v) is 5.44. The number of piperidine rings is 1. The van der Waals surface area contributed by atoms with Gasteiger partial charge in [-0.2, -0.15) is 0 Å². The molecule has 1 aliphatic heterocycles. The van der Waals surface area contributed by atoms with E-state index < -0.39 is 5.60 Å². The van der Waals surface area contributed by atoms with E-state index in [0.717, 1.165) is 5.56 Å². The molecule has 2 aromatic rings. The van der Waals surface area contributed by atoms with Crippen LogP contribution in [0.3, 0.4) is 0 Å². The van der Waals surface area contributed by atoms with Gasteiger partial charge in [0.05, 0.1) is 5.60 Å². The van der Waals surface area contributed by atoms with Crippen molar-refractivity contribution in [2.24, 2.45) is 0 Å². The maximum atomic E-state index is 12.7. The Morgan fingerprint density at radius 2 is 1.69 bits per heavy atom. The Kier molecular flexibility index (Phi) is 5.25. The van der Waals surface area contributed by atoms with Crippen LogP contribution in [0.2, 0.25) is 5.02 Å². The monoisotopic (exact) mass is 377 g/mol. The summed E-state index contributed by atoms with van der Waals surface area (Å²) in [7, 11) is 0. The van der Waals surface area contributed by atoms with Crippen LogP contribution in [0.1, 0.15) is 32.3 Å². The van der Waals surface area contributed by atoms with Gasteiger partial charge in [-0.3, -0.25) is 13.9 Å². The van der Waals surface area contributed by atoms with Gasteiger partial charge in [-0.05, 0) is 44.4 Å². The van der Waals surface area contributed by atoms with Gasteiger partial charge in [0.2, 0.25) is 0 Å². The number of aliphatic hydroxyl groups is 1. The summed E-state index contributed by atoms with van der Waals surface area (Å²) in [4.78, 5) is 26.9. The van der Waals surface area contributed by atoms with Crippen molar-refractivity contribution in [2.75, 3.05) is 18.0 Å². The lowest BCUT2D eigenvalue weighted by Crippen LogP contribution is -2.47. The zero-order chi connectivity index (χ0) is 18.9. The molecule has 1 aliphatic rings. The fraction of sp³-hybridized carbons (Fsp3) is 0.474. The quantitative estimate of drug-likeness (QED) is 0.886. The van der Waals surface area contributed by atoms with Gasteiger partial charge in [0.15, 0.2) is 0 Å². The Morgan fingerprint density at radius 3 is 2.23 bits per heavy atom. The zero-order valence-corrected chi connectivity index (χ0v) is 15.9. The minimum atomic E-state index is -0.927. The van der Waals surface area contributed by atoms with E-state index in [2.05, 4.69) is 0 Å². The van der Waals surface area contributed by atoms with Gasteiger partial charge >= 0.3 is 5.69 Å². The largest absolute Gasteiger partial charge is 0.385 e. The Morgan fingerprint density at radius 1 is 1.08 bits per heavy atom. The molecule has 7 heteroatoms. The van der Waals surface area contributed by atoms with E-state index in [4.69, 9.17) is 11.6 Å². The first kappa shape index (κ1) is 18.7. The molecule has 140 valence electrons. The van der Waals surface area contributed by atoms with Crippen LogP contribution < -0.4 is 16.1 Å². The second kappa shape index (κ2) is 7.29. The van der Waals surface area contributed by atoms with E-state index in [-0.39, 0.29) is 11.2 Å². The van der Waals surface area contributed by atoms with Crippen LogP contribution >= 0.6 is 11.6 Å². The normalized spacial score (nSPS) is 16.7. The van der Waals surface area contributed by atoms with Crippen LogP contribution in [-0.2, 0) is 18.7 Å². The molecule has 0 bridgehead atoms. The van der Waals surface area contributed by atoms with Crippen LogP contribution in [0, 0.1) is 0 Å². The number of benzene rings is 1. The minimum Gasteiger partial charge on any atom is -0.385 e. The van der Waals surface area contributed by atoms with Crippen molar-refractivity contribution < 1.29 is 5.11 Å². The Hall–Kier alpha value is -2.05. The molecule has 1 N–H and O–H groups in total. The van der Waals surface area contributed by atoms with Crippen molar-refractivity contribution in [3.05, 3.63) is 61.9 Å². The summed E-state index contributed by atoms with van der Waals surface area (Å²) in [5, 5.41) is 11.6. The van der Waals surface area contributed by atoms with Crippen LogP contribution in [0.4, 0.5) is 5.69 Å². The molecule has 3 rings (SSSR count). The molecule has 6 nitrogen and oxygen atoms in total. The van der Waals surface area contributed by atoms with Crippen molar-refractivity contribution in [1.29, 1.82) is 0 Å².